The SMILES string of the molecule is CCCCOc1cc(C(=O)OCCN(CC)CC)ccc1N(C(=O)F)C(F)(F)F. The first kappa shape index (κ1) is 24.7. The summed E-state index contributed by atoms with van der Waals surface area (Å²) in [5.74, 6) is -1.19. The van der Waals surface area contributed by atoms with E-state index in [1.165, 1.54) is 0 Å². The molecule has 0 heterocycles. The lowest BCUT2D eigenvalue weighted by Gasteiger charge is -2.24. The fraction of sp³-hybridized carbons (Fsp3) is 0.579. The normalized spacial score (nSPS) is 11.4. The fourth-order valence-corrected chi connectivity index (χ4v) is 2.49. The van der Waals surface area contributed by atoms with Crippen molar-refractivity contribution in [2.45, 2.75) is 39.9 Å². The van der Waals surface area contributed by atoms with Gasteiger partial charge in [0.2, 0.25) is 0 Å². The van der Waals surface area contributed by atoms with Crippen molar-refractivity contribution in [3.8, 4) is 5.75 Å². The largest absolute Gasteiger partial charge is 0.493 e. The van der Waals surface area contributed by atoms with Crippen LogP contribution >= 0.6 is 0 Å². The average molecular weight is 422 g/mol. The van der Waals surface area contributed by atoms with E-state index in [0.29, 0.717) is 19.4 Å². The van der Waals surface area contributed by atoms with Crippen molar-refractivity contribution < 1.29 is 36.6 Å². The molecule has 0 saturated heterocycles. The zero-order valence-electron chi connectivity index (χ0n) is 16.7. The van der Waals surface area contributed by atoms with Gasteiger partial charge in [-0.1, -0.05) is 27.2 Å². The maximum absolute atomic E-state index is 13.1. The minimum Gasteiger partial charge on any atom is -0.491 e. The molecule has 0 radical (unpaired) electrons. The molecule has 0 atom stereocenters. The predicted octanol–water partition coefficient (Wildman–Crippen LogP) is 4.78. The van der Waals surface area contributed by atoms with E-state index in [-0.39, 0.29) is 18.8 Å². The molecule has 0 spiro atoms. The van der Waals surface area contributed by atoms with Gasteiger partial charge in [0.25, 0.3) is 0 Å². The lowest BCUT2D eigenvalue weighted by atomic mass is 10.1. The van der Waals surface area contributed by atoms with Crippen LogP contribution in [0.5, 0.6) is 5.75 Å². The van der Waals surface area contributed by atoms with Crippen LogP contribution in [0.4, 0.5) is 28.0 Å². The number of esters is 1. The number of anilines is 1. The van der Waals surface area contributed by atoms with Crippen molar-refractivity contribution in [1.29, 1.82) is 0 Å². The standard InChI is InChI=1S/C19H26F4N2O4/c1-4-7-11-28-16-13-14(17(26)29-12-10-24(5-2)6-3)8-9-15(16)25(18(20)27)19(21,22)23/h8-9,13H,4-7,10-12H2,1-3H3. The molecule has 0 bridgehead atoms. The first-order valence-electron chi connectivity index (χ1n) is 9.38. The highest BCUT2D eigenvalue weighted by molar-refractivity contribution is 5.94. The van der Waals surface area contributed by atoms with Crippen molar-refractivity contribution in [3.63, 3.8) is 0 Å². The highest BCUT2D eigenvalue weighted by Gasteiger charge is 2.44. The minimum absolute atomic E-state index is 0.0378. The number of rotatable bonds is 11. The molecule has 0 fully saturated rings. The van der Waals surface area contributed by atoms with Crippen molar-refractivity contribution in [3.05, 3.63) is 23.8 Å². The van der Waals surface area contributed by atoms with E-state index in [2.05, 4.69) is 0 Å². The second kappa shape index (κ2) is 11.6. The number of likely N-dealkylation sites (N-methyl/N-ethyl adjacent to an activating group) is 1. The molecule has 0 unspecified atom stereocenters. The zero-order chi connectivity index (χ0) is 22.0. The van der Waals surface area contributed by atoms with Crippen LogP contribution in [0.25, 0.3) is 0 Å². The van der Waals surface area contributed by atoms with Crippen molar-refractivity contribution in [1.82, 2.24) is 4.90 Å². The Hall–Kier alpha value is -2.36. The van der Waals surface area contributed by atoms with Crippen LogP contribution < -0.4 is 9.64 Å². The highest BCUT2D eigenvalue weighted by atomic mass is 19.4. The number of carbonyl (C=O) groups excluding carboxylic acids is 2. The predicted molar refractivity (Wildman–Crippen MR) is 100.0 cm³/mol. The molecule has 10 heteroatoms. The first-order valence-corrected chi connectivity index (χ1v) is 9.38. The van der Waals surface area contributed by atoms with E-state index in [4.69, 9.17) is 9.47 Å². The Labute approximate surface area is 167 Å². The van der Waals surface area contributed by atoms with Crippen LogP contribution in [0.1, 0.15) is 44.0 Å². The third kappa shape index (κ3) is 7.52. The molecule has 1 aromatic carbocycles. The van der Waals surface area contributed by atoms with Gasteiger partial charge in [-0.3, -0.25) is 0 Å². The Morgan fingerprint density at radius 1 is 1.07 bits per heavy atom. The summed E-state index contributed by atoms with van der Waals surface area (Å²) in [5.41, 5.74) is -0.894. The molecular weight excluding hydrogens is 396 g/mol. The molecule has 0 aliphatic heterocycles. The Balaban J connectivity index is 3.08. The van der Waals surface area contributed by atoms with Gasteiger partial charge in [-0.25, -0.2) is 9.59 Å². The van der Waals surface area contributed by atoms with E-state index in [0.717, 1.165) is 31.3 Å². The highest BCUT2D eigenvalue weighted by Crippen LogP contribution is 2.37. The number of nitrogens with zero attached hydrogens (tertiary/aromatic N) is 2. The molecule has 0 saturated carbocycles. The molecule has 1 amide bonds. The number of amides is 1. The summed E-state index contributed by atoms with van der Waals surface area (Å²) < 4.78 is 62.9. The number of hydrogen-bond donors (Lipinski definition) is 0. The molecule has 0 aliphatic rings. The molecule has 164 valence electrons. The monoisotopic (exact) mass is 422 g/mol. The molecule has 0 aromatic heterocycles. The third-order valence-electron chi connectivity index (χ3n) is 4.16. The maximum atomic E-state index is 13.1. The Morgan fingerprint density at radius 2 is 1.72 bits per heavy atom. The fourth-order valence-electron chi connectivity index (χ4n) is 2.49. The Morgan fingerprint density at radius 3 is 2.24 bits per heavy atom. The van der Waals surface area contributed by atoms with Gasteiger partial charge in [0, 0.05) is 6.54 Å². The van der Waals surface area contributed by atoms with Gasteiger partial charge in [-0.2, -0.15) is 4.90 Å². The van der Waals surface area contributed by atoms with Gasteiger partial charge in [0.15, 0.2) is 0 Å². The number of benzene rings is 1. The molecule has 6 nitrogen and oxygen atoms in total. The Bertz CT molecular complexity index is 679. The molecule has 1 rings (SSSR count). The van der Waals surface area contributed by atoms with Gasteiger partial charge >= 0.3 is 18.4 Å². The number of hydrogen-bond acceptors (Lipinski definition) is 5. The number of alkyl halides is 3. The van der Waals surface area contributed by atoms with Crippen LogP contribution in [0, 0.1) is 0 Å². The summed E-state index contributed by atoms with van der Waals surface area (Å²) in [6, 6.07) is 2.86. The van der Waals surface area contributed by atoms with Crippen LogP contribution in [0.15, 0.2) is 18.2 Å². The van der Waals surface area contributed by atoms with Gasteiger partial charge in [0.1, 0.15) is 12.4 Å². The van der Waals surface area contributed by atoms with Crippen LogP contribution in [-0.4, -0.2) is 56.2 Å². The maximum Gasteiger partial charge on any atom is 0.493 e. The van der Waals surface area contributed by atoms with E-state index in [1.807, 2.05) is 25.7 Å². The summed E-state index contributed by atoms with van der Waals surface area (Å²) in [7, 11) is 0. The van der Waals surface area contributed by atoms with Crippen molar-refractivity contribution in [2.75, 3.05) is 37.7 Å². The quantitative estimate of drug-likeness (QED) is 0.169. The van der Waals surface area contributed by atoms with E-state index in [1.54, 1.807) is 0 Å². The first-order chi connectivity index (χ1) is 13.6. The third-order valence-corrected chi connectivity index (χ3v) is 4.16. The Kier molecular flexibility index (Phi) is 9.87. The van der Waals surface area contributed by atoms with Crippen LogP contribution in [-0.2, 0) is 4.74 Å². The van der Waals surface area contributed by atoms with Gasteiger partial charge in [0.05, 0.1) is 17.9 Å². The van der Waals surface area contributed by atoms with Gasteiger partial charge in [-0.15, -0.1) is 17.6 Å². The lowest BCUT2D eigenvalue weighted by molar-refractivity contribution is -0.122. The number of unbranched alkanes of at least 4 members (excludes halogenated alkanes) is 1. The zero-order valence-corrected chi connectivity index (χ0v) is 16.7. The number of carbonyl (C=O) groups is 2. The van der Waals surface area contributed by atoms with E-state index in [9.17, 15) is 27.2 Å². The summed E-state index contributed by atoms with van der Waals surface area (Å²) >= 11 is 0. The van der Waals surface area contributed by atoms with Crippen LogP contribution in [0.3, 0.4) is 0 Å². The van der Waals surface area contributed by atoms with Crippen molar-refractivity contribution >= 4 is 17.8 Å². The van der Waals surface area contributed by atoms with E-state index >= 15 is 0 Å². The van der Waals surface area contributed by atoms with E-state index < -0.39 is 34.8 Å². The number of halogens is 4. The molecule has 29 heavy (non-hydrogen) atoms. The summed E-state index contributed by atoms with van der Waals surface area (Å²) in [4.78, 5) is 24.2. The molecule has 0 N–H and O–H groups in total. The van der Waals surface area contributed by atoms with Gasteiger partial charge < -0.3 is 14.4 Å². The minimum atomic E-state index is -5.29. The number of ether oxygens (including phenoxy) is 2. The second-order valence-electron chi connectivity index (χ2n) is 6.10. The van der Waals surface area contributed by atoms with Crippen LogP contribution in [0.2, 0.25) is 0 Å². The summed E-state index contributed by atoms with van der Waals surface area (Å²) in [6.07, 6.45) is -6.77. The summed E-state index contributed by atoms with van der Waals surface area (Å²) in [5, 5.41) is 0. The molecule has 0 aliphatic carbocycles. The topological polar surface area (TPSA) is 59.1 Å². The van der Waals surface area contributed by atoms with Crippen molar-refractivity contribution in [2.24, 2.45) is 0 Å². The molecule has 1 aromatic rings. The average Bonchev–Trinajstić information content (AvgIpc) is 2.65. The lowest BCUT2D eigenvalue weighted by Crippen LogP contribution is -2.40. The van der Waals surface area contributed by atoms with Gasteiger partial charge in [-0.05, 0) is 37.7 Å². The molecular formula is C19H26F4N2O4. The summed E-state index contributed by atoms with van der Waals surface area (Å²) in [6.45, 7) is 7.98. The second-order valence-corrected chi connectivity index (χ2v) is 6.10. The smallest absolute Gasteiger partial charge is 0.491 e.